The van der Waals surface area contributed by atoms with E-state index in [0.717, 1.165) is 0 Å². The number of fused-ring (bicyclic) bond motifs is 4. The molecule has 3 aromatic carbocycles. The van der Waals surface area contributed by atoms with Gasteiger partial charge in [-0.3, -0.25) is 0 Å². The van der Waals surface area contributed by atoms with Crippen LogP contribution in [-0.2, 0) is 14.1 Å². The Hall–Kier alpha value is -2.84. The minimum absolute atomic E-state index is 0. The van der Waals surface area contributed by atoms with Gasteiger partial charge in [0, 0.05) is 35.6 Å². The van der Waals surface area contributed by atoms with Crippen molar-refractivity contribution >= 4 is 32.6 Å². The summed E-state index contributed by atoms with van der Waals surface area (Å²) in [6.07, 6.45) is 4.34. The van der Waals surface area contributed by atoms with E-state index in [2.05, 4.69) is 103 Å². The molecule has 0 aliphatic carbocycles. The van der Waals surface area contributed by atoms with Crippen LogP contribution in [0.2, 0.25) is 0 Å². The molecule has 0 spiro atoms. The first-order valence-electron chi connectivity index (χ1n) is 8.99. The number of hydrogen-bond donors (Lipinski definition) is 0. The Kier molecular flexibility index (Phi) is 4.16. The lowest BCUT2D eigenvalue weighted by molar-refractivity contribution is -0.643. The lowest BCUT2D eigenvalue weighted by Gasteiger charge is -2.09. The fourth-order valence-electron chi connectivity index (χ4n) is 4.11. The Balaban J connectivity index is 0.00000180. The normalized spacial score (nSPS) is 11.2. The van der Waals surface area contributed by atoms with E-state index in [-0.39, 0.29) is 12.4 Å². The van der Waals surface area contributed by atoms with Gasteiger partial charge < -0.3 is 17.0 Å². The van der Waals surface area contributed by atoms with Gasteiger partial charge in [0.1, 0.15) is 7.05 Å². The lowest BCUT2D eigenvalue weighted by atomic mass is 9.97. The first-order chi connectivity index (χ1) is 12.6. The topological polar surface area (TPSA) is 8.81 Å². The molecule has 0 atom stereocenters. The molecular weight excluding hydrogens is 352 g/mol. The highest BCUT2D eigenvalue weighted by Crippen LogP contribution is 2.31. The van der Waals surface area contributed by atoms with Crippen molar-refractivity contribution in [3.8, 4) is 11.1 Å². The van der Waals surface area contributed by atoms with Gasteiger partial charge in [0.25, 0.3) is 0 Å². The van der Waals surface area contributed by atoms with Crippen molar-refractivity contribution in [2.24, 2.45) is 14.1 Å². The van der Waals surface area contributed by atoms with E-state index < -0.39 is 0 Å². The van der Waals surface area contributed by atoms with E-state index in [9.17, 15) is 0 Å². The molecule has 0 aliphatic rings. The summed E-state index contributed by atoms with van der Waals surface area (Å²) in [5, 5.41) is 5.23. The van der Waals surface area contributed by atoms with Crippen molar-refractivity contribution in [1.82, 2.24) is 4.57 Å². The third kappa shape index (κ3) is 2.68. The van der Waals surface area contributed by atoms with Crippen LogP contribution in [-0.4, -0.2) is 4.57 Å². The molecule has 0 saturated heterocycles. The Morgan fingerprint density at radius 3 is 2.48 bits per heavy atom. The maximum Gasteiger partial charge on any atom is 0.212 e. The molecule has 0 unspecified atom stereocenters. The van der Waals surface area contributed by atoms with Crippen LogP contribution in [0.15, 0.2) is 73.1 Å². The van der Waals surface area contributed by atoms with Crippen molar-refractivity contribution in [2.75, 3.05) is 0 Å². The van der Waals surface area contributed by atoms with Crippen LogP contribution in [0.1, 0.15) is 5.56 Å². The van der Waals surface area contributed by atoms with Gasteiger partial charge in [0.05, 0.1) is 5.39 Å². The molecule has 2 heterocycles. The molecule has 5 aromatic rings. The third-order valence-electron chi connectivity index (χ3n) is 5.51. The number of pyridine rings is 1. The van der Waals surface area contributed by atoms with Crippen LogP contribution in [0.4, 0.5) is 0 Å². The van der Waals surface area contributed by atoms with Gasteiger partial charge in [-0.2, -0.15) is 0 Å². The highest BCUT2D eigenvalue weighted by molar-refractivity contribution is 6.07. The monoisotopic (exact) mass is 372 g/mol. The summed E-state index contributed by atoms with van der Waals surface area (Å²) >= 11 is 0. The highest BCUT2D eigenvalue weighted by atomic mass is 35.5. The van der Waals surface area contributed by atoms with Crippen LogP contribution in [0.5, 0.6) is 0 Å². The summed E-state index contributed by atoms with van der Waals surface area (Å²) in [4.78, 5) is 0. The van der Waals surface area contributed by atoms with Crippen molar-refractivity contribution in [3.63, 3.8) is 0 Å². The SMILES string of the molecule is Cc1cccc2c[n+](C)c3ccc(-c4ccc5ccn(C)c5c4)cc3c12.[Cl-]. The van der Waals surface area contributed by atoms with E-state index in [4.69, 9.17) is 0 Å². The smallest absolute Gasteiger partial charge is 0.212 e. The maximum absolute atomic E-state index is 2.34. The molecule has 134 valence electrons. The van der Waals surface area contributed by atoms with Crippen molar-refractivity contribution in [2.45, 2.75) is 6.92 Å². The second-order valence-electron chi connectivity index (χ2n) is 7.21. The predicted octanol–water partition coefficient (Wildman–Crippen LogP) is 2.29. The molecule has 0 N–H and O–H groups in total. The lowest BCUT2D eigenvalue weighted by Crippen LogP contribution is -3.00. The molecular formula is C24H21ClN2. The van der Waals surface area contributed by atoms with Gasteiger partial charge in [-0.05, 0) is 59.3 Å². The standard InChI is InChI=1S/C24H21N2.ClH/c1-16-5-4-6-20-15-26(3)22-10-9-18(13-21(22)24(16)20)19-8-7-17-11-12-25(2)23(17)14-19;/h4-15H,1-3H3;1H/q+1;/p-1. The zero-order valence-corrected chi connectivity index (χ0v) is 16.5. The molecule has 0 fully saturated rings. The van der Waals surface area contributed by atoms with Crippen LogP contribution in [0.3, 0.4) is 0 Å². The Labute approximate surface area is 165 Å². The molecule has 3 heteroatoms. The molecule has 0 aliphatic heterocycles. The van der Waals surface area contributed by atoms with Gasteiger partial charge in [0.15, 0.2) is 6.20 Å². The second kappa shape index (κ2) is 6.40. The predicted molar refractivity (Wildman–Crippen MR) is 109 cm³/mol. The van der Waals surface area contributed by atoms with Crippen LogP contribution in [0, 0.1) is 6.92 Å². The zero-order valence-electron chi connectivity index (χ0n) is 15.7. The fourth-order valence-corrected chi connectivity index (χ4v) is 4.11. The van der Waals surface area contributed by atoms with Gasteiger partial charge in [-0.15, -0.1) is 0 Å². The molecule has 5 rings (SSSR count). The summed E-state index contributed by atoms with van der Waals surface area (Å²) in [5.74, 6) is 0. The summed E-state index contributed by atoms with van der Waals surface area (Å²) in [6, 6.07) is 22.2. The van der Waals surface area contributed by atoms with E-state index in [0.29, 0.717) is 0 Å². The van der Waals surface area contributed by atoms with Gasteiger partial charge in [0.2, 0.25) is 5.52 Å². The van der Waals surface area contributed by atoms with E-state index in [1.807, 2.05) is 0 Å². The number of hydrogen-bond acceptors (Lipinski definition) is 0. The van der Waals surface area contributed by atoms with Crippen molar-refractivity contribution < 1.29 is 17.0 Å². The maximum atomic E-state index is 2.34. The Morgan fingerprint density at radius 1 is 0.852 bits per heavy atom. The fraction of sp³-hybridized carbons (Fsp3) is 0.125. The minimum atomic E-state index is 0. The summed E-state index contributed by atoms with van der Waals surface area (Å²) in [6.45, 7) is 2.20. The van der Waals surface area contributed by atoms with Gasteiger partial charge in [-0.1, -0.05) is 24.3 Å². The molecule has 2 aromatic heterocycles. The number of nitrogens with zero attached hydrogens (tertiary/aromatic N) is 2. The van der Waals surface area contributed by atoms with Crippen molar-refractivity contribution in [3.05, 3.63) is 78.6 Å². The van der Waals surface area contributed by atoms with E-state index in [1.165, 1.54) is 49.3 Å². The highest BCUT2D eigenvalue weighted by Gasteiger charge is 2.13. The molecule has 0 bridgehead atoms. The van der Waals surface area contributed by atoms with Crippen LogP contribution in [0.25, 0.3) is 43.7 Å². The average Bonchev–Trinajstić information content (AvgIpc) is 3.02. The number of rotatable bonds is 1. The number of aromatic nitrogens is 2. The molecule has 0 amide bonds. The van der Waals surface area contributed by atoms with E-state index >= 15 is 0 Å². The molecule has 0 radical (unpaired) electrons. The molecule has 2 nitrogen and oxygen atoms in total. The first kappa shape index (κ1) is 17.6. The number of halogens is 1. The summed E-state index contributed by atoms with van der Waals surface area (Å²) in [5.41, 5.74) is 6.37. The van der Waals surface area contributed by atoms with Crippen LogP contribution < -0.4 is 17.0 Å². The van der Waals surface area contributed by atoms with Crippen LogP contribution >= 0.6 is 0 Å². The van der Waals surface area contributed by atoms with Gasteiger partial charge in [-0.25, -0.2) is 4.57 Å². The molecule has 27 heavy (non-hydrogen) atoms. The van der Waals surface area contributed by atoms with E-state index in [1.54, 1.807) is 0 Å². The number of benzene rings is 3. The third-order valence-corrected chi connectivity index (χ3v) is 5.51. The second-order valence-corrected chi connectivity index (χ2v) is 7.21. The Bertz CT molecular complexity index is 1310. The average molecular weight is 373 g/mol. The first-order valence-corrected chi connectivity index (χ1v) is 8.99. The summed E-state index contributed by atoms with van der Waals surface area (Å²) in [7, 11) is 4.23. The zero-order chi connectivity index (χ0) is 17.8. The molecule has 0 saturated carbocycles. The Morgan fingerprint density at radius 2 is 1.63 bits per heavy atom. The quantitative estimate of drug-likeness (QED) is 0.315. The largest absolute Gasteiger partial charge is 1.00 e. The minimum Gasteiger partial charge on any atom is -1.00 e. The number of aryl methyl sites for hydroxylation is 3. The van der Waals surface area contributed by atoms with Gasteiger partial charge >= 0.3 is 0 Å². The summed E-state index contributed by atoms with van der Waals surface area (Å²) < 4.78 is 4.40. The van der Waals surface area contributed by atoms with Crippen molar-refractivity contribution in [1.29, 1.82) is 0 Å².